The van der Waals surface area contributed by atoms with Gasteiger partial charge in [0, 0.05) is 30.2 Å². The van der Waals surface area contributed by atoms with Gasteiger partial charge in [-0.15, -0.1) is 11.3 Å². The summed E-state index contributed by atoms with van der Waals surface area (Å²) in [6.07, 6.45) is 3.35. The van der Waals surface area contributed by atoms with Crippen molar-refractivity contribution in [2.24, 2.45) is 0 Å². The van der Waals surface area contributed by atoms with Crippen LogP contribution in [0.15, 0.2) is 66.3 Å². The lowest BCUT2D eigenvalue weighted by atomic mass is 10.2. The summed E-state index contributed by atoms with van der Waals surface area (Å²) in [5, 5.41) is 11.0. The molecular formula is C18H16N4O2S. The zero-order chi connectivity index (χ0) is 17.5. The van der Waals surface area contributed by atoms with E-state index in [1.54, 1.807) is 36.7 Å². The first-order valence-electron chi connectivity index (χ1n) is 7.59. The average molecular weight is 352 g/mol. The van der Waals surface area contributed by atoms with Crippen molar-refractivity contribution in [3.63, 3.8) is 0 Å². The van der Waals surface area contributed by atoms with E-state index in [0.717, 1.165) is 10.6 Å². The minimum Gasteiger partial charge on any atom is -0.334 e. The minimum atomic E-state index is -0.312. The summed E-state index contributed by atoms with van der Waals surface area (Å²) in [6, 6.07) is 13.8. The lowest BCUT2D eigenvalue weighted by Crippen LogP contribution is -2.28. The number of hydrogen-bond acceptors (Lipinski definition) is 4. The molecule has 0 saturated carbocycles. The number of aromatic nitrogens is 1. The first-order chi connectivity index (χ1) is 12.2. The molecule has 3 amide bonds. The standard InChI is InChI=1S/C18H16N4O2S/c23-17(22-16-2-1-11-25-16)14-3-5-15(6-4-14)21-18(24)20-12-13-7-9-19-10-8-13/h1-11H,12H2,(H,22,23)(H2,20,21,24). The highest BCUT2D eigenvalue weighted by atomic mass is 32.1. The third-order valence-corrected chi connectivity index (χ3v) is 4.15. The summed E-state index contributed by atoms with van der Waals surface area (Å²) >= 11 is 1.46. The van der Waals surface area contributed by atoms with Crippen molar-refractivity contribution in [3.05, 3.63) is 77.4 Å². The first-order valence-corrected chi connectivity index (χ1v) is 8.47. The molecule has 3 rings (SSSR count). The van der Waals surface area contributed by atoms with Crippen LogP contribution in [0.2, 0.25) is 0 Å². The van der Waals surface area contributed by atoms with Crippen molar-refractivity contribution in [2.75, 3.05) is 10.6 Å². The maximum atomic E-state index is 12.1. The number of nitrogens with zero attached hydrogens (tertiary/aromatic N) is 1. The van der Waals surface area contributed by atoms with E-state index in [1.807, 2.05) is 29.6 Å². The van der Waals surface area contributed by atoms with Crippen molar-refractivity contribution in [1.82, 2.24) is 10.3 Å². The number of anilines is 2. The third-order valence-electron chi connectivity index (χ3n) is 3.37. The first kappa shape index (κ1) is 16.7. The van der Waals surface area contributed by atoms with E-state index in [4.69, 9.17) is 0 Å². The monoisotopic (exact) mass is 352 g/mol. The van der Waals surface area contributed by atoms with Crippen molar-refractivity contribution in [3.8, 4) is 0 Å². The topological polar surface area (TPSA) is 83.1 Å². The summed E-state index contributed by atoms with van der Waals surface area (Å²) in [7, 11) is 0. The molecule has 0 radical (unpaired) electrons. The molecule has 126 valence electrons. The van der Waals surface area contributed by atoms with Gasteiger partial charge in [0.2, 0.25) is 0 Å². The predicted octanol–water partition coefficient (Wildman–Crippen LogP) is 3.72. The van der Waals surface area contributed by atoms with E-state index < -0.39 is 0 Å². The summed E-state index contributed by atoms with van der Waals surface area (Å²) in [5.74, 6) is -0.184. The Morgan fingerprint density at radius 2 is 1.72 bits per heavy atom. The number of amides is 3. The molecule has 0 atom stereocenters. The fourth-order valence-corrected chi connectivity index (χ4v) is 2.71. The molecule has 3 aromatic rings. The molecule has 2 aromatic heterocycles. The van der Waals surface area contributed by atoms with Crippen LogP contribution in [0, 0.1) is 0 Å². The number of nitrogens with one attached hydrogen (secondary N) is 3. The average Bonchev–Trinajstić information content (AvgIpc) is 3.14. The lowest BCUT2D eigenvalue weighted by Gasteiger charge is -2.08. The summed E-state index contributed by atoms with van der Waals surface area (Å²) < 4.78 is 0. The van der Waals surface area contributed by atoms with Crippen molar-refractivity contribution in [2.45, 2.75) is 6.54 Å². The normalized spacial score (nSPS) is 10.1. The maximum Gasteiger partial charge on any atom is 0.319 e. The zero-order valence-electron chi connectivity index (χ0n) is 13.2. The van der Waals surface area contributed by atoms with Gasteiger partial charge in [0.1, 0.15) is 0 Å². The van der Waals surface area contributed by atoms with E-state index in [9.17, 15) is 9.59 Å². The van der Waals surface area contributed by atoms with Gasteiger partial charge in [0.15, 0.2) is 0 Å². The van der Waals surface area contributed by atoms with Gasteiger partial charge in [-0.2, -0.15) is 0 Å². The Morgan fingerprint density at radius 1 is 0.960 bits per heavy atom. The molecule has 1 aromatic carbocycles. The van der Waals surface area contributed by atoms with E-state index >= 15 is 0 Å². The molecule has 0 aliphatic rings. The van der Waals surface area contributed by atoms with Crippen LogP contribution in [0.3, 0.4) is 0 Å². The number of benzene rings is 1. The SMILES string of the molecule is O=C(NCc1ccncc1)Nc1ccc(C(=O)Nc2cccs2)cc1. The molecule has 0 unspecified atom stereocenters. The molecule has 7 heteroatoms. The summed E-state index contributed by atoms with van der Waals surface area (Å²) in [5.41, 5.74) is 2.10. The Bertz CT molecular complexity index is 833. The number of pyridine rings is 1. The molecule has 0 spiro atoms. The lowest BCUT2D eigenvalue weighted by molar-refractivity contribution is 0.102. The number of rotatable bonds is 5. The van der Waals surface area contributed by atoms with Crippen LogP contribution in [0.5, 0.6) is 0 Å². The third kappa shape index (κ3) is 4.89. The van der Waals surface area contributed by atoms with Crippen LogP contribution in [0.4, 0.5) is 15.5 Å². The molecule has 0 aliphatic carbocycles. The largest absolute Gasteiger partial charge is 0.334 e. The van der Waals surface area contributed by atoms with E-state index in [1.165, 1.54) is 11.3 Å². The molecule has 0 bridgehead atoms. The van der Waals surface area contributed by atoms with Gasteiger partial charge in [-0.05, 0) is 59.5 Å². The molecule has 6 nitrogen and oxygen atoms in total. The number of thiophene rings is 1. The van der Waals surface area contributed by atoms with Crippen LogP contribution in [-0.4, -0.2) is 16.9 Å². The van der Waals surface area contributed by atoms with E-state index in [0.29, 0.717) is 17.8 Å². The second-order valence-electron chi connectivity index (χ2n) is 5.17. The smallest absolute Gasteiger partial charge is 0.319 e. The molecule has 3 N–H and O–H groups in total. The second kappa shape index (κ2) is 8.07. The molecular weight excluding hydrogens is 336 g/mol. The van der Waals surface area contributed by atoms with Gasteiger partial charge in [0.25, 0.3) is 5.91 Å². The fourth-order valence-electron chi connectivity index (χ4n) is 2.10. The van der Waals surface area contributed by atoms with Gasteiger partial charge in [-0.25, -0.2) is 4.79 Å². The second-order valence-corrected chi connectivity index (χ2v) is 6.12. The highest BCUT2D eigenvalue weighted by Gasteiger charge is 2.07. The quantitative estimate of drug-likeness (QED) is 0.654. The Morgan fingerprint density at radius 3 is 2.40 bits per heavy atom. The predicted molar refractivity (Wildman–Crippen MR) is 98.8 cm³/mol. The minimum absolute atomic E-state index is 0.184. The molecule has 0 fully saturated rings. The number of urea groups is 1. The van der Waals surface area contributed by atoms with Gasteiger partial charge in [-0.1, -0.05) is 0 Å². The van der Waals surface area contributed by atoms with Crippen LogP contribution < -0.4 is 16.0 Å². The molecule has 25 heavy (non-hydrogen) atoms. The van der Waals surface area contributed by atoms with Crippen molar-refractivity contribution < 1.29 is 9.59 Å². The Balaban J connectivity index is 1.51. The van der Waals surface area contributed by atoms with Crippen molar-refractivity contribution in [1.29, 1.82) is 0 Å². The zero-order valence-corrected chi connectivity index (χ0v) is 14.0. The Kier molecular flexibility index (Phi) is 5.38. The van der Waals surface area contributed by atoms with Gasteiger partial charge >= 0.3 is 6.03 Å². The maximum absolute atomic E-state index is 12.1. The van der Waals surface area contributed by atoms with Gasteiger partial charge in [-0.3, -0.25) is 9.78 Å². The number of carbonyl (C=O) groups is 2. The van der Waals surface area contributed by atoms with Crippen molar-refractivity contribution >= 4 is 34.0 Å². The number of hydrogen-bond donors (Lipinski definition) is 3. The van der Waals surface area contributed by atoms with Crippen LogP contribution in [-0.2, 0) is 6.54 Å². The van der Waals surface area contributed by atoms with Crippen LogP contribution in [0.1, 0.15) is 15.9 Å². The summed E-state index contributed by atoms with van der Waals surface area (Å²) in [6.45, 7) is 0.412. The Hall–Kier alpha value is -3.19. The summed E-state index contributed by atoms with van der Waals surface area (Å²) in [4.78, 5) is 27.9. The van der Waals surface area contributed by atoms with Crippen LogP contribution >= 0.6 is 11.3 Å². The highest BCUT2D eigenvalue weighted by Crippen LogP contribution is 2.17. The van der Waals surface area contributed by atoms with Gasteiger partial charge < -0.3 is 16.0 Å². The fraction of sp³-hybridized carbons (Fsp3) is 0.0556. The molecule has 0 aliphatic heterocycles. The van der Waals surface area contributed by atoms with E-state index in [-0.39, 0.29) is 11.9 Å². The molecule has 0 saturated heterocycles. The molecule has 2 heterocycles. The highest BCUT2D eigenvalue weighted by molar-refractivity contribution is 7.14. The van der Waals surface area contributed by atoms with E-state index in [2.05, 4.69) is 20.9 Å². The van der Waals surface area contributed by atoms with Gasteiger partial charge in [0.05, 0.1) is 5.00 Å². The van der Waals surface area contributed by atoms with Crippen LogP contribution in [0.25, 0.3) is 0 Å². The number of carbonyl (C=O) groups excluding carboxylic acids is 2. The Labute approximate surface area is 148 Å².